The molecule has 0 saturated heterocycles. The number of alkyl halides is 2. The first-order valence-electron chi connectivity index (χ1n) is 6.86. The van der Waals surface area contributed by atoms with E-state index in [1.165, 1.54) is 0 Å². The van der Waals surface area contributed by atoms with Crippen molar-refractivity contribution in [2.24, 2.45) is 17.8 Å². The molecule has 3 heteroatoms. The Morgan fingerprint density at radius 2 is 1.88 bits per heavy atom. The van der Waals surface area contributed by atoms with Gasteiger partial charge in [0.05, 0.1) is 6.10 Å². The molecule has 1 aliphatic rings. The second-order valence-electron chi connectivity index (χ2n) is 6.25. The molecule has 1 nitrogen and oxygen atoms in total. The Morgan fingerprint density at radius 1 is 1.24 bits per heavy atom. The molecule has 1 saturated carbocycles. The second-order valence-corrected chi connectivity index (χ2v) is 6.25. The van der Waals surface area contributed by atoms with Crippen LogP contribution in [0.15, 0.2) is 0 Å². The third-order valence-corrected chi connectivity index (χ3v) is 3.74. The van der Waals surface area contributed by atoms with Crippen molar-refractivity contribution in [1.29, 1.82) is 0 Å². The van der Waals surface area contributed by atoms with Crippen molar-refractivity contribution in [3.05, 3.63) is 0 Å². The Morgan fingerprint density at radius 3 is 2.41 bits per heavy atom. The molecule has 1 fully saturated rings. The summed E-state index contributed by atoms with van der Waals surface area (Å²) in [4.78, 5) is 0. The molecule has 0 bridgehead atoms. The highest BCUT2D eigenvalue weighted by Gasteiger charge is 2.39. The van der Waals surface area contributed by atoms with E-state index in [0.29, 0.717) is 24.7 Å². The van der Waals surface area contributed by atoms with Crippen molar-refractivity contribution in [2.45, 2.75) is 71.3 Å². The smallest absolute Gasteiger partial charge is 0.248 e. The number of aliphatic hydroxyl groups excluding tert-OH is 1. The molecule has 0 spiro atoms. The van der Waals surface area contributed by atoms with Gasteiger partial charge in [-0.3, -0.25) is 0 Å². The number of hydrogen-bond acceptors (Lipinski definition) is 1. The van der Waals surface area contributed by atoms with Gasteiger partial charge in [0.2, 0.25) is 5.92 Å². The molecular weight excluding hydrogens is 222 g/mol. The summed E-state index contributed by atoms with van der Waals surface area (Å²) in [6.45, 7) is 6.40. The molecule has 1 aliphatic carbocycles. The van der Waals surface area contributed by atoms with E-state index in [1.54, 1.807) is 0 Å². The molecule has 0 radical (unpaired) electrons. The standard InChI is InChI=1S/C14H26F2O/c1-10(2)7-11(3)8-13(17)12-5-4-6-14(15,16)9-12/h10-13,17H,4-9H2,1-3H3. The molecule has 0 heterocycles. The monoisotopic (exact) mass is 248 g/mol. The van der Waals surface area contributed by atoms with Crippen LogP contribution >= 0.6 is 0 Å². The summed E-state index contributed by atoms with van der Waals surface area (Å²) in [5, 5.41) is 10.1. The zero-order chi connectivity index (χ0) is 13.1. The summed E-state index contributed by atoms with van der Waals surface area (Å²) in [7, 11) is 0. The fraction of sp³-hybridized carbons (Fsp3) is 1.00. The zero-order valence-corrected chi connectivity index (χ0v) is 11.3. The minimum Gasteiger partial charge on any atom is -0.393 e. The summed E-state index contributed by atoms with van der Waals surface area (Å²) >= 11 is 0. The summed E-state index contributed by atoms with van der Waals surface area (Å²) < 4.78 is 26.5. The lowest BCUT2D eigenvalue weighted by Crippen LogP contribution is -2.33. The highest BCUT2D eigenvalue weighted by molar-refractivity contribution is 4.83. The van der Waals surface area contributed by atoms with Crippen molar-refractivity contribution < 1.29 is 13.9 Å². The predicted octanol–water partition coefficient (Wildman–Crippen LogP) is 4.25. The van der Waals surface area contributed by atoms with Gasteiger partial charge in [-0.05, 0) is 43.4 Å². The Bertz CT molecular complexity index is 228. The molecule has 102 valence electrons. The largest absolute Gasteiger partial charge is 0.393 e. The first-order chi connectivity index (χ1) is 7.80. The highest BCUT2D eigenvalue weighted by Crippen LogP contribution is 2.39. The quantitative estimate of drug-likeness (QED) is 0.771. The van der Waals surface area contributed by atoms with E-state index in [0.717, 1.165) is 12.8 Å². The third kappa shape index (κ3) is 5.33. The molecule has 0 amide bonds. The number of hydrogen-bond donors (Lipinski definition) is 1. The molecule has 0 aliphatic heterocycles. The molecule has 0 aromatic carbocycles. The molecular formula is C14H26F2O. The maximum Gasteiger partial charge on any atom is 0.248 e. The Labute approximate surface area is 104 Å². The summed E-state index contributed by atoms with van der Waals surface area (Å²) in [6, 6.07) is 0. The molecule has 3 unspecified atom stereocenters. The summed E-state index contributed by atoms with van der Waals surface area (Å²) in [6.07, 6.45) is 2.35. The maximum atomic E-state index is 13.3. The number of rotatable bonds is 5. The van der Waals surface area contributed by atoms with E-state index >= 15 is 0 Å². The molecule has 3 atom stereocenters. The van der Waals surface area contributed by atoms with Crippen molar-refractivity contribution in [3.63, 3.8) is 0 Å². The Kier molecular flexibility index (Phi) is 5.36. The molecule has 1 N–H and O–H groups in total. The van der Waals surface area contributed by atoms with Crippen LogP contribution in [-0.2, 0) is 0 Å². The molecule has 0 aromatic heterocycles. The average Bonchev–Trinajstić information content (AvgIpc) is 2.14. The van der Waals surface area contributed by atoms with Crippen LogP contribution in [0.25, 0.3) is 0 Å². The van der Waals surface area contributed by atoms with Crippen molar-refractivity contribution in [2.75, 3.05) is 0 Å². The van der Waals surface area contributed by atoms with Crippen LogP contribution in [0.1, 0.15) is 59.3 Å². The van der Waals surface area contributed by atoms with Gasteiger partial charge in [0.1, 0.15) is 0 Å². The molecule has 17 heavy (non-hydrogen) atoms. The van der Waals surface area contributed by atoms with Crippen LogP contribution < -0.4 is 0 Å². The fourth-order valence-corrected chi connectivity index (χ4v) is 3.04. The topological polar surface area (TPSA) is 20.2 Å². The average molecular weight is 248 g/mol. The van der Waals surface area contributed by atoms with E-state index in [4.69, 9.17) is 0 Å². The first kappa shape index (κ1) is 14.9. The summed E-state index contributed by atoms with van der Waals surface area (Å²) in [5.74, 6) is -1.73. The van der Waals surface area contributed by atoms with Gasteiger partial charge in [-0.2, -0.15) is 0 Å². The van der Waals surface area contributed by atoms with Crippen molar-refractivity contribution in [1.82, 2.24) is 0 Å². The SMILES string of the molecule is CC(C)CC(C)CC(O)C1CCCC(F)(F)C1. The van der Waals surface area contributed by atoms with Gasteiger partial charge in [-0.15, -0.1) is 0 Å². The summed E-state index contributed by atoms with van der Waals surface area (Å²) in [5.41, 5.74) is 0. The normalized spacial score (nSPS) is 28.1. The van der Waals surface area contributed by atoms with Crippen LogP contribution in [0.3, 0.4) is 0 Å². The van der Waals surface area contributed by atoms with E-state index in [9.17, 15) is 13.9 Å². The van der Waals surface area contributed by atoms with Crippen LogP contribution in [0.5, 0.6) is 0 Å². The van der Waals surface area contributed by atoms with Crippen LogP contribution in [-0.4, -0.2) is 17.1 Å². The van der Waals surface area contributed by atoms with Gasteiger partial charge >= 0.3 is 0 Å². The van der Waals surface area contributed by atoms with Crippen LogP contribution in [0, 0.1) is 17.8 Å². The number of aliphatic hydroxyl groups is 1. The van der Waals surface area contributed by atoms with E-state index < -0.39 is 12.0 Å². The van der Waals surface area contributed by atoms with E-state index in [1.807, 2.05) is 0 Å². The molecule has 0 aromatic rings. The van der Waals surface area contributed by atoms with Gasteiger partial charge in [0, 0.05) is 12.8 Å². The van der Waals surface area contributed by atoms with Gasteiger partial charge in [0.15, 0.2) is 0 Å². The minimum absolute atomic E-state index is 0.00221. The number of halogens is 2. The Balaban J connectivity index is 2.39. The highest BCUT2D eigenvalue weighted by atomic mass is 19.3. The van der Waals surface area contributed by atoms with Gasteiger partial charge < -0.3 is 5.11 Å². The zero-order valence-electron chi connectivity index (χ0n) is 11.3. The lowest BCUT2D eigenvalue weighted by Gasteiger charge is -2.33. The Hall–Kier alpha value is -0.180. The van der Waals surface area contributed by atoms with Gasteiger partial charge in [-0.25, -0.2) is 8.78 Å². The van der Waals surface area contributed by atoms with Crippen LogP contribution in [0.4, 0.5) is 8.78 Å². The van der Waals surface area contributed by atoms with Gasteiger partial charge in [-0.1, -0.05) is 20.8 Å². The maximum absolute atomic E-state index is 13.3. The lowest BCUT2D eigenvalue weighted by molar-refractivity contribution is -0.0785. The fourth-order valence-electron chi connectivity index (χ4n) is 3.04. The minimum atomic E-state index is -2.55. The molecule has 1 rings (SSSR count). The van der Waals surface area contributed by atoms with E-state index in [-0.39, 0.29) is 18.8 Å². The van der Waals surface area contributed by atoms with Crippen molar-refractivity contribution >= 4 is 0 Å². The van der Waals surface area contributed by atoms with Gasteiger partial charge in [0.25, 0.3) is 0 Å². The third-order valence-electron chi connectivity index (χ3n) is 3.74. The van der Waals surface area contributed by atoms with Crippen LogP contribution in [0.2, 0.25) is 0 Å². The van der Waals surface area contributed by atoms with E-state index in [2.05, 4.69) is 20.8 Å². The van der Waals surface area contributed by atoms with Crippen molar-refractivity contribution in [3.8, 4) is 0 Å². The first-order valence-corrected chi connectivity index (χ1v) is 6.86. The lowest BCUT2D eigenvalue weighted by atomic mass is 9.79. The predicted molar refractivity (Wildman–Crippen MR) is 66.1 cm³/mol. The second kappa shape index (κ2) is 6.12.